The first-order valence-electron chi connectivity index (χ1n) is 13.2. The van der Waals surface area contributed by atoms with Crippen LogP contribution >= 0.6 is 0 Å². The molecule has 192 valence electrons. The van der Waals surface area contributed by atoms with Crippen molar-refractivity contribution in [3.63, 3.8) is 0 Å². The first-order valence-corrected chi connectivity index (χ1v) is 13.2. The summed E-state index contributed by atoms with van der Waals surface area (Å²) in [5.41, 5.74) is 4.06. The average molecular weight is 505 g/mol. The van der Waals surface area contributed by atoms with E-state index in [-0.39, 0.29) is 17.5 Å². The summed E-state index contributed by atoms with van der Waals surface area (Å²) >= 11 is 0. The minimum absolute atomic E-state index is 0.0506. The molecule has 6 rings (SSSR count). The molecule has 1 amide bonds. The molecule has 5 nitrogen and oxygen atoms in total. The summed E-state index contributed by atoms with van der Waals surface area (Å²) < 4.78 is 0. The van der Waals surface area contributed by atoms with Gasteiger partial charge >= 0.3 is 0 Å². The van der Waals surface area contributed by atoms with Gasteiger partial charge in [0.25, 0.3) is 0 Å². The van der Waals surface area contributed by atoms with Gasteiger partial charge in [-0.25, -0.2) is 0 Å². The van der Waals surface area contributed by atoms with Crippen LogP contribution in [0.2, 0.25) is 0 Å². The monoisotopic (exact) mass is 504 g/mol. The van der Waals surface area contributed by atoms with E-state index in [1.165, 1.54) is 0 Å². The number of rotatable bonds is 3. The van der Waals surface area contributed by atoms with Gasteiger partial charge in [-0.15, -0.1) is 0 Å². The van der Waals surface area contributed by atoms with Crippen LogP contribution in [0.25, 0.3) is 5.57 Å². The minimum atomic E-state index is -1.26. The van der Waals surface area contributed by atoms with Gasteiger partial charge in [0.05, 0.1) is 12.0 Å². The second-order valence-electron chi connectivity index (χ2n) is 11.9. The predicted octanol–water partition coefficient (Wildman–Crippen LogP) is 5.97. The van der Waals surface area contributed by atoms with Crippen LogP contribution < -0.4 is 10.2 Å². The van der Waals surface area contributed by atoms with Crippen LogP contribution in [-0.4, -0.2) is 29.6 Å². The van der Waals surface area contributed by atoms with E-state index in [4.69, 9.17) is 0 Å². The lowest BCUT2D eigenvalue weighted by Crippen LogP contribution is -2.51. The summed E-state index contributed by atoms with van der Waals surface area (Å²) in [6, 6.07) is 21.6. The molecule has 1 spiro atoms. The minimum Gasteiger partial charge on any atom is -0.352 e. The molecule has 3 aromatic rings. The van der Waals surface area contributed by atoms with Crippen molar-refractivity contribution in [3.8, 4) is 0 Å². The molecule has 0 aromatic heterocycles. The number of carbonyl (C=O) groups excluding carboxylic acids is 3. The Balaban J connectivity index is 1.71. The number of Topliss-reactive ketones (excluding diaryl/α,β-unsaturated/α-hetero) is 2. The third-order valence-corrected chi connectivity index (χ3v) is 8.48. The van der Waals surface area contributed by atoms with Gasteiger partial charge in [0.1, 0.15) is 11.5 Å². The molecular formula is C33H32N2O3. The molecule has 3 heterocycles. The van der Waals surface area contributed by atoms with Crippen LogP contribution in [0.5, 0.6) is 0 Å². The Morgan fingerprint density at radius 1 is 0.921 bits per heavy atom. The Morgan fingerprint density at radius 3 is 2.32 bits per heavy atom. The Bertz CT molecular complexity index is 1530. The summed E-state index contributed by atoms with van der Waals surface area (Å²) in [6.45, 7) is 9.77. The average Bonchev–Trinajstić information content (AvgIpc) is 3.36. The number of carbonyl (C=O) groups is 3. The van der Waals surface area contributed by atoms with Gasteiger partial charge in [0.2, 0.25) is 5.91 Å². The fourth-order valence-corrected chi connectivity index (χ4v) is 6.77. The Hall–Kier alpha value is -3.99. The number of ketones is 2. The highest BCUT2D eigenvalue weighted by Crippen LogP contribution is 2.59. The molecule has 1 saturated heterocycles. The second kappa shape index (κ2) is 8.26. The first-order chi connectivity index (χ1) is 18.1. The largest absolute Gasteiger partial charge is 0.352 e. The molecule has 4 atom stereocenters. The van der Waals surface area contributed by atoms with Crippen LogP contribution in [0.15, 0.2) is 78.9 Å². The standard InChI is InChI=1S/C33H32N2O3/c1-19-15-16-25-22(17-19)20(2)18-26-33(23-13-9-10-14-24(23)34-31(33)38)27(29(36)21-11-7-6-8-12-21)28(35(25)26)30(37)32(3,4)5/h6-18,26-28H,1-5H3,(H,34,38)/t26-,27+,28-,33+/m0/s1. The zero-order valence-electron chi connectivity index (χ0n) is 22.4. The van der Waals surface area contributed by atoms with Crippen LogP contribution in [0.4, 0.5) is 11.4 Å². The lowest BCUT2D eigenvalue weighted by molar-refractivity contribution is -0.128. The molecule has 0 aliphatic carbocycles. The van der Waals surface area contributed by atoms with Crippen LogP contribution in [0.3, 0.4) is 0 Å². The summed E-state index contributed by atoms with van der Waals surface area (Å²) in [5.74, 6) is -1.38. The van der Waals surface area contributed by atoms with Gasteiger partial charge in [0, 0.05) is 27.9 Å². The van der Waals surface area contributed by atoms with Gasteiger partial charge in [-0.3, -0.25) is 14.4 Å². The molecule has 1 fully saturated rings. The van der Waals surface area contributed by atoms with E-state index in [0.717, 1.165) is 28.0 Å². The highest BCUT2D eigenvalue weighted by Gasteiger charge is 2.71. The normalized spacial score (nSPS) is 25.4. The summed E-state index contributed by atoms with van der Waals surface area (Å²) in [5, 5.41) is 3.09. The third kappa shape index (κ3) is 3.20. The maximum Gasteiger partial charge on any atom is 0.238 e. The Morgan fingerprint density at radius 2 is 1.61 bits per heavy atom. The molecule has 0 bridgehead atoms. The summed E-state index contributed by atoms with van der Waals surface area (Å²) in [7, 11) is 0. The third-order valence-electron chi connectivity index (χ3n) is 8.48. The maximum absolute atomic E-state index is 14.6. The van der Waals surface area contributed by atoms with Crippen LogP contribution in [0, 0.1) is 18.3 Å². The lowest BCUT2D eigenvalue weighted by atomic mass is 9.63. The number of hydrogen-bond acceptors (Lipinski definition) is 4. The Labute approximate surface area is 223 Å². The molecular weight excluding hydrogens is 472 g/mol. The van der Waals surface area contributed by atoms with E-state index in [1.807, 2.05) is 82.3 Å². The highest BCUT2D eigenvalue weighted by atomic mass is 16.2. The molecule has 38 heavy (non-hydrogen) atoms. The summed E-state index contributed by atoms with van der Waals surface area (Å²) in [4.78, 5) is 45.5. The number of nitrogens with one attached hydrogen (secondary N) is 1. The van der Waals surface area contributed by atoms with E-state index < -0.39 is 28.8 Å². The Kier molecular flexibility index (Phi) is 5.29. The number of amides is 1. The summed E-state index contributed by atoms with van der Waals surface area (Å²) in [6.07, 6.45) is 2.10. The van der Waals surface area contributed by atoms with E-state index in [2.05, 4.69) is 29.3 Å². The van der Waals surface area contributed by atoms with Gasteiger partial charge in [-0.05, 0) is 43.2 Å². The zero-order chi connectivity index (χ0) is 27.0. The molecule has 1 N–H and O–H groups in total. The first kappa shape index (κ1) is 24.4. The molecule has 0 radical (unpaired) electrons. The van der Waals surface area contributed by atoms with E-state index in [1.54, 1.807) is 12.1 Å². The van der Waals surface area contributed by atoms with Crippen molar-refractivity contribution in [2.45, 2.75) is 52.1 Å². The van der Waals surface area contributed by atoms with Gasteiger partial charge < -0.3 is 10.2 Å². The number of aryl methyl sites for hydroxylation is 1. The van der Waals surface area contributed by atoms with Crippen molar-refractivity contribution in [2.24, 2.45) is 11.3 Å². The molecule has 3 aromatic carbocycles. The van der Waals surface area contributed by atoms with Gasteiger partial charge in [-0.2, -0.15) is 0 Å². The number of hydrogen-bond donors (Lipinski definition) is 1. The van der Waals surface area contributed by atoms with Crippen LogP contribution in [0.1, 0.15) is 54.7 Å². The predicted molar refractivity (Wildman–Crippen MR) is 150 cm³/mol. The number of fused-ring (bicyclic) bond motifs is 6. The van der Waals surface area contributed by atoms with Crippen molar-refractivity contribution in [2.75, 3.05) is 10.2 Å². The van der Waals surface area contributed by atoms with Crippen molar-refractivity contribution >= 4 is 34.4 Å². The topological polar surface area (TPSA) is 66.5 Å². The number of nitrogens with zero attached hydrogens (tertiary/aromatic N) is 1. The quantitative estimate of drug-likeness (QED) is 0.446. The molecule has 3 aliphatic rings. The SMILES string of the molecule is CC1=C[C@@H]2N(c3ccc(C)cc31)[C@H](C(=O)C(C)(C)C)[C@H](C(=O)c1ccccc1)[C@]21C(=O)Nc2ccccc21. The number of allylic oxidation sites excluding steroid dienone is 1. The van der Waals surface area contributed by atoms with E-state index in [0.29, 0.717) is 11.3 Å². The van der Waals surface area contributed by atoms with Crippen LogP contribution in [-0.2, 0) is 15.0 Å². The van der Waals surface area contributed by atoms with Crippen molar-refractivity contribution < 1.29 is 14.4 Å². The molecule has 0 saturated carbocycles. The zero-order valence-corrected chi connectivity index (χ0v) is 22.4. The van der Waals surface area contributed by atoms with Gasteiger partial charge in [-0.1, -0.05) is 87.0 Å². The van der Waals surface area contributed by atoms with Gasteiger partial charge in [0.15, 0.2) is 11.6 Å². The molecule has 3 aliphatic heterocycles. The fourth-order valence-electron chi connectivity index (χ4n) is 6.77. The van der Waals surface area contributed by atoms with E-state index >= 15 is 0 Å². The highest BCUT2D eigenvalue weighted by molar-refractivity contribution is 6.17. The fraction of sp³-hybridized carbons (Fsp3) is 0.303. The number of benzene rings is 3. The molecule has 5 heteroatoms. The van der Waals surface area contributed by atoms with Crippen molar-refractivity contribution in [1.29, 1.82) is 0 Å². The lowest BCUT2D eigenvalue weighted by Gasteiger charge is -2.40. The van der Waals surface area contributed by atoms with E-state index in [9.17, 15) is 14.4 Å². The maximum atomic E-state index is 14.6. The molecule has 0 unspecified atom stereocenters. The number of para-hydroxylation sites is 1. The smallest absolute Gasteiger partial charge is 0.238 e. The number of anilines is 2. The second-order valence-corrected chi connectivity index (χ2v) is 11.9. The van der Waals surface area contributed by atoms with Crippen molar-refractivity contribution in [3.05, 3.63) is 101 Å². The van der Waals surface area contributed by atoms with Crippen molar-refractivity contribution in [1.82, 2.24) is 0 Å².